The van der Waals surface area contributed by atoms with Crippen LogP contribution in [0.3, 0.4) is 0 Å². The number of aromatic nitrogens is 1. The molecule has 2 N–H and O–H groups in total. The highest BCUT2D eigenvalue weighted by molar-refractivity contribution is 7.11. The van der Waals surface area contributed by atoms with E-state index in [4.69, 9.17) is 0 Å². The highest BCUT2D eigenvalue weighted by Crippen LogP contribution is 2.16. The molecule has 5 heteroatoms. The Morgan fingerprint density at radius 3 is 2.61 bits per heavy atom. The Balaban J connectivity index is 2.38. The van der Waals surface area contributed by atoms with Gasteiger partial charge in [0.2, 0.25) is 0 Å². The van der Waals surface area contributed by atoms with E-state index in [1.165, 1.54) is 9.88 Å². The molecule has 0 radical (unpaired) electrons. The van der Waals surface area contributed by atoms with E-state index in [1.807, 2.05) is 0 Å². The Kier molecular flexibility index (Phi) is 6.72. The normalized spacial score (nSPS) is 11.7. The number of aryl methyl sites for hydroxylation is 2. The lowest BCUT2D eigenvalue weighted by atomic mass is 10.4. The molecule has 1 heterocycles. The molecular weight excluding hydrogens is 244 g/mol. The van der Waals surface area contributed by atoms with Crippen LogP contribution in [0.2, 0.25) is 0 Å². The number of aliphatic imine (C=N–C) groups is 1. The van der Waals surface area contributed by atoms with Gasteiger partial charge in [0, 0.05) is 30.9 Å². The van der Waals surface area contributed by atoms with E-state index in [-0.39, 0.29) is 0 Å². The third kappa shape index (κ3) is 5.04. The second kappa shape index (κ2) is 8.08. The third-order valence-electron chi connectivity index (χ3n) is 2.54. The Morgan fingerprint density at radius 1 is 1.28 bits per heavy atom. The Bertz CT molecular complexity index is 365. The highest BCUT2D eigenvalue weighted by atomic mass is 32.1. The van der Waals surface area contributed by atoms with Gasteiger partial charge in [-0.15, -0.1) is 11.3 Å². The Morgan fingerprint density at radius 2 is 2.06 bits per heavy atom. The van der Waals surface area contributed by atoms with Gasteiger partial charge in [-0.3, -0.25) is 4.99 Å². The van der Waals surface area contributed by atoms with Gasteiger partial charge in [-0.2, -0.15) is 0 Å². The summed E-state index contributed by atoms with van der Waals surface area (Å²) in [5.74, 6) is 0.907. The van der Waals surface area contributed by atoms with Gasteiger partial charge in [-0.1, -0.05) is 6.92 Å². The summed E-state index contributed by atoms with van der Waals surface area (Å²) in [6, 6.07) is 0. The maximum atomic E-state index is 4.53. The number of hydrogen-bond acceptors (Lipinski definition) is 3. The second-order valence-electron chi connectivity index (χ2n) is 4.19. The monoisotopic (exact) mass is 268 g/mol. The molecule has 1 rings (SSSR count). The molecule has 0 saturated heterocycles. The number of hydrogen-bond donors (Lipinski definition) is 2. The number of guanidine groups is 1. The van der Waals surface area contributed by atoms with Gasteiger partial charge in [0.05, 0.1) is 10.7 Å². The molecule has 0 bridgehead atoms. The molecule has 0 aliphatic carbocycles. The summed E-state index contributed by atoms with van der Waals surface area (Å²) < 4.78 is 0. The molecule has 0 atom stereocenters. The van der Waals surface area contributed by atoms with E-state index in [2.05, 4.69) is 48.3 Å². The zero-order valence-electron chi connectivity index (χ0n) is 11.8. The molecule has 0 fully saturated rings. The van der Waals surface area contributed by atoms with Crippen molar-refractivity contribution in [3.8, 4) is 0 Å². The van der Waals surface area contributed by atoms with Gasteiger partial charge < -0.3 is 10.6 Å². The van der Waals surface area contributed by atoms with Crippen LogP contribution in [-0.2, 0) is 6.42 Å². The van der Waals surface area contributed by atoms with Gasteiger partial charge in [-0.05, 0) is 27.2 Å². The van der Waals surface area contributed by atoms with E-state index in [1.54, 1.807) is 11.3 Å². The van der Waals surface area contributed by atoms with Crippen molar-refractivity contribution >= 4 is 17.3 Å². The predicted octanol–water partition coefficient (Wildman–Crippen LogP) is 2.27. The van der Waals surface area contributed by atoms with Crippen molar-refractivity contribution < 1.29 is 0 Å². The van der Waals surface area contributed by atoms with Crippen LogP contribution in [0.1, 0.15) is 35.8 Å². The molecule has 4 nitrogen and oxygen atoms in total. The smallest absolute Gasteiger partial charge is 0.191 e. The van der Waals surface area contributed by atoms with Gasteiger partial charge in [0.25, 0.3) is 0 Å². The first-order valence-corrected chi connectivity index (χ1v) is 7.44. The standard InChI is InChI=1S/C13H24N4S/c1-5-8-15-13(14-6-2)16-9-7-12-17-10(3)11(4)18-12/h5-9H2,1-4H3,(H2,14,15,16). The topological polar surface area (TPSA) is 49.3 Å². The average Bonchev–Trinajstić information content (AvgIpc) is 2.65. The fourth-order valence-electron chi connectivity index (χ4n) is 1.50. The Hall–Kier alpha value is -1.10. The zero-order chi connectivity index (χ0) is 13.4. The quantitative estimate of drug-likeness (QED) is 0.614. The summed E-state index contributed by atoms with van der Waals surface area (Å²) in [6.45, 7) is 11.0. The minimum atomic E-state index is 0.866. The maximum Gasteiger partial charge on any atom is 0.191 e. The molecular formula is C13H24N4S. The fraction of sp³-hybridized carbons (Fsp3) is 0.692. The SMILES string of the molecule is CCCN=C(NCC)NCCc1nc(C)c(C)s1. The van der Waals surface area contributed by atoms with Crippen LogP contribution in [0.15, 0.2) is 4.99 Å². The van der Waals surface area contributed by atoms with Gasteiger partial charge in [0.1, 0.15) is 0 Å². The fourth-order valence-corrected chi connectivity index (χ4v) is 2.43. The van der Waals surface area contributed by atoms with Gasteiger partial charge in [-0.25, -0.2) is 4.98 Å². The molecule has 0 amide bonds. The lowest BCUT2D eigenvalue weighted by molar-refractivity contribution is 0.790. The summed E-state index contributed by atoms with van der Waals surface area (Å²) >= 11 is 1.79. The average molecular weight is 268 g/mol. The molecule has 0 unspecified atom stereocenters. The summed E-state index contributed by atoms with van der Waals surface area (Å²) in [6.07, 6.45) is 2.03. The summed E-state index contributed by atoms with van der Waals surface area (Å²) in [7, 11) is 0. The Labute approximate surface area is 114 Å². The van der Waals surface area contributed by atoms with Crippen molar-refractivity contribution in [1.29, 1.82) is 0 Å². The van der Waals surface area contributed by atoms with Crippen LogP contribution in [0, 0.1) is 13.8 Å². The molecule has 0 aliphatic rings. The lowest BCUT2D eigenvalue weighted by Gasteiger charge is -2.10. The molecule has 1 aromatic heterocycles. The first-order valence-electron chi connectivity index (χ1n) is 6.62. The second-order valence-corrected chi connectivity index (χ2v) is 5.47. The highest BCUT2D eigenvalue weighted by Gasteiger charge is 2.03. The van der Waals surface area contributed by atoms with E-state index in [9.17, 15) is 0 Å². The van der Waals surface area contributed by atoms with Crippen molar-refractivity contribution in [1.82, 2.24) is 15.6 Å². The molecule has 0 saturated carbocycles. The van der Waals surface area contributed by atoms with Crippen molar-refractivity contribution in [3.63, 3.8) is 0 Å². The van der Waals surface area contributed by atoms with Crippen LogP contribution < -0.4 is 10.6 Å². The van der Waals surface area contributed by atoms with Crippen LogP contribution >= 0.6 is 11.3 Å². The minimum absolute atomic E-state index is 0.866. The molecule has 18 heavy (non-hydrogen) atoms. The largest absolute Gasteiger partial charge is 0.357 e. The van der Waals surface area contributed by atoms with Crippen molar-refractivity contribution in [2.45, 2.75) is 40.5 Å². The number of nitrogens with zero attached hydrogens (tertiary/aromatic N) is 2. The first-order chi connectivity index (χ1) is 8.67. The van der Waals surface area contributed by atoms with E-state index >= 15 is 0 Å². The van der Waals surface area contributed by atoms with Crippen molar-refractivity contribution in [3.05, 3.63) is 15.6 Å². The number of nitrogens with one attached hydrogen (secondary N) is 2. The summed E-state index contributed by atoms with van der Waals surface area (Å²) in [5.41, 5.74) is 1.15. The maximum absolute atomic E-state index is 4.53. The van der Waals surface area contributed by atoms with Crippen LogP contribution in [-0.4, -0.2) is 30.6 Å². The van der Waals surface area contributed by atoms with Crippen LogP contribution in [0.4, 0.5) is 0 Å². The van der Waals surface area contributed by atoms with Gasteiger partial charge >= 0.3 is 0 Å². The van der Waals surface area contributed by atoms with E-state index in [0.29, 0.717) is 0 Å². The van der Waals surface area contributed by atoms with Crippen molar-refractivity contribution in [2.24, 2.45) is 4.99 Å². The van der Waals surface area contributed by atoms with Crippen molar-refractivity contribution in [2.75, 3.05) is 19.6 Å². The summed E-state index contributed by atoms with van der Waals surface area (Å²) in [5, 5.41) is 7.78. The zero-order valence-corrected chi connectivity index (χ0v) is 12.7. The number of thiazole rings is 1. The molecule has 0 aromatic carbocycles. The van der Waals surface area contributed by atoms with Crippen LogP contribution in [0.5, 0.6) is 0 Å². The minimum Gasteiger partial charge on any atom is -0.357 e. The van der Waals surface area contributed by atoms with Gasteiger partial charge in [0.15, 0.2) is 5.96 Å². The molecule has 0 aliphatic heterocycles. The lowest BCUT2D eigenvalue weighted by Crippen LogP contribution is -2.38. The first kappa shape index (κ1) is 15.0. The van der Waals surface area contributed by atoms with Crippen LogP contribution in [0.25, 0.3) is 0 Å². The third-order valence-corrected chi connectivity index (χ3v) is 3.67. The molecule has 102 valence electrons. The van der Waals surface area contributed by atoms with E-state index in [0.717, 1.165) is 44.1 Å². The number of rotatable bonds is 6. The van der Waals surface area contributed by atoms with E-state index < -0.39 is 0 Å². The predicted molar refractivity (Wildman–Crippen MR) is 79.6 cm³/mol. The molecule has 0 spiro atoms. The summed E-state index contributed by atoms with van der Waals surface area (Å²) in [4.78, 5) is 10.3. The molecule has 1 aromatic rings.